The SMILES string of the molecule is Cc1ccc(-n2nc(C3CCCC3)cc2Cl)cc1Cl. The van der Waals surface area contributed by atoms with E-state index < -0.39 is 0 Å². The van der Waals surface area contributed by atoms with Gasteiger partial charge in [-0.1, -0.05) is 42.1 Å². The lowest BCUT2D eigenvalue weighted by atomic mass is 10.1. The minimum absolute atomic E-state index is 0.569. The lowest BCUT2D eigenvalue weighted by Crippen LogP contribution is -1.99. The van der Waals surface area contributed by atoms with Crippen LogP contribution in [-0.2, 0) is 0 Å². The van der Waals surface area contributed by atoms with Gasteiger partial charge in [0, 0.05) is 10.9 Å². The molecule has 0 amide bonds. The van der Waals surface area contributed by atoms with Gasteiger partial charge in [-0.25, -0.2) is 4.68 Å². The van der Waals surface area contributed by atoms with Crippen LogP contribution in [0.3, 0.4) is 0 Å². The van der Waals surface area contributed by atoms with Crippen LogP contribution in [-0.4, -0.2) is 9.78 Å². The van der Waals surface area contributed by atoms with Gasteiger partial charge in [-0.05, 0) is 43.5 Å². The van der Waals surface area contributed by atoms with Crippen LogP contribution in [0.25, 0.3) is 5.69 Å². The van der Waals surface area contributed by atoms with Crippen molar-refractivity contribution in [3.05, 3.63) is 45.7 Å². The first-order valence-corrected chi connectivity index (χ1v) is 7.43. The Balaban J connectivity index is 1.97. The number of hydrogen-bond acceptors (Lipinski definition) is 1. The lowest BCUT2D eigenvalue weighted by Gasteiger charge is -2.06. The van der Waals surface area contributed by atoms with E-state index in [0.29, 0.717) is 11.1 Å². The fourth-order valence-corrected chi connectivity index (χ4v) is 3.11. The molecule has 1 aromatic heterocycles. The van der Waals surface area contributed by atoms with Crippen LogP contribution in [0.15, 0.2) is 24.3 Å². The molecule has 1 aliphatic carbocycles. The molecule has 19 heavy (non-hydrogen) atoms. The number of aromatic nitrogens is 2. The Labute approximate surface area is 123 Å². The quantitative estimate of drug-likeness (QED) is 0.749. The largest absolute Gasteiger partial charge is 0.222 e. The van der Waals surface area contributed by atoms with E-state index in [4.69, 9.17) is 23.2 Å². The average Bonchev–Trinajstić information content (AvgIpc) is 3.01. The van der Waals surface area contributed by atoms with Gasteiger partial charge in [0.25, 0.3) is 0 Å². The molecule has 2 aromatic rings. The minimum Gasteiger partial charge on any atom is -0.222 e. The van der Waals surface area contributed by atoms with Crippen molar-refractivity contribution in [2.75, 3.05) is 0 Å². The maximum Gasteiger partial charge on any atom is 0.133 e. The van der Waals surface area contributed by atoms with Crippen molar-refractivity contribution in [3.63, 3.8) is 0 Å². The zero-order valence-corrected chi connectivity index (χ0v) is 12.4. The van der Waals surface area contributed by atoms with E-state index >= 15 is 0 Å². The molecule has 0 spiro atoms. The van der Waals surface area contributed by atoms with Gasteiger partial charge in [0.05, 0.1) is 11.4 Å². The number of aryl methyl sites for hydroxylation is 1. The maximum absolute atomic E-state index is 6.31. The first-order valence-electron chi connectivity index (χ1n) is 6.67. The summed E-state index contributed by atoms with van der Waals surface area (Å²) in [6, 6.07) is 7.89. The second-order valence-corrected chi connectivity index (χ2v) is 6.01. The van der Waals surface area contributed by atoms with E-state index in [0.717, 1.165) is 22.0 Å². The minimum atomic E-state index is 0.569. The van der Waals surface area contributed by atoms with E-state index in [1.165, 1.54) is 25.7 Å². The van der Waals surface area contributed by atoms with Gasteiger partial charge >= 0.3 is 0 Å². The molecule has 1 aliphatic rings. The van der Waals surface area contributed by atoms with E-state index in [2.05, 4.69) is 5.10 Å². The molecular weight excluding hydrogens is 279 g/mol. The van der Waals surface area contributed by atoms with Crippen molar-refractivity contribution in [2.45, 2.75) is 38.5 Å². The van der Waals surface area contributed by atoms with Crippen LogP contribution in [0, 0.1) is 6.92 Å². The first-order chi connectivity index (χ1) is 9.15. The van der Waals surface area contributed by atoms with E-state index in [1.54, 1.807) is 4.68 Å². The second-order valence-electron chi connectivity index (χ2n) is 5.22. The van der Waals surface area contributed by atoms with Crippen molar-refractivity contribution in [1.82, 2.24) is 9.78 Å². The van der Waals surface area contributed by atoms with Gasteiger partial charge in [-0.15, -0.1) is 0 Å². The van der Waals surface area contributed by atoms with Crippen LogP contribution in [0.4, 0.5) is 0 Å². The van der Waals surface area contributed by atoms with Crippen molar-refractivity contribution in [1.29, 1.82) is 0 Å². The molecule has 0 saturated heterocycles. The van der Waals surface area contributed by atoms with Crippen LogP contribution in [0.1, 0.15) is 42.9 Å². The molecular formula is C15H16Cl2N2. The Kier molecular flexibility index (Phi) is 3.55. The summed E-state index contributed by atoms with van der Waals surface area (Å²) >= 11 is 12.5. The first kappa shape index (κ1) is 13.0. The molecule has 0 N–H and O–H groups in total. The standard InChI is InChI=1S/C15H16Cl2N2/c1-10-6-7-12(8-13(10)16)19-15(17)9-14(18-19)11-4-2-3-5-11/h6-9,11H,2-5H2,1H3. The number of halogens is 2. The molecule has 3 rings (SSSR count). The van der Waals surface area contributed by atoms with Crippen LogP contribution in [0.5, 0.6) is 0 Å². The normalized spacial score (nSPS) is 16.2. The van der Waals surface area contributed by atoms with Crippen LogP contribution >= 0.6 is 23.2 Å². The van der Waals surface area contributed by atoms with Crippen molar-refractivity contribution >= 4 is 23.2 Å². The molecule has 0 aliphatic heterocycles. The molecule has 1 heterocycles. The molecule has 0 bridgehead atoms. The zero-order chi connectivity index (χ0) is 13.4. The number of hydrogen-bond donors (Lipinski definition) is 0. The Bertz CT molecular complexity index is 598. The van der Waals surface area contributed by atoms with Gasteiger partial charge in [0.2, 0.25) is 0 Å². The third kappa shape index (κ3) is 2.52. The molecule has 0 radical (unpaired) electrons. The fraction of sp³-hybridized carbons (Fsp3) is 0.400. The smallest absolute Gasteiger partial charge is 0.133 e. The molecule has 0 unspecified atom stereocenters. The topological polar surface area (TPSA) is 17.8 Å². The Morgan fingerprint density at radius 2 is 1.89 bits per heavy atom. The summed E-state index contributed by atoms with van der Waals surface area (Å²) in [5, 5.41) is 6.06. The predicted octanol–water partition coefficient (Wildman–Crippen LogP) is 5.15. The third-order valence-corrected chi connectivity index (χ3v) is 4.53. The molecule has 0 atom stereocenters. The fourth-order valence-electron chi connectivity index (χ4n) is 2.69. The van der Waals surface area contributed by atoms with E-state index in [-0.39, 0.29) is 0 Å². The summed E-state index contributed by atoms with van der Waals surface area (Å²) in [6.45, 7) is 1.99. The van der Waals surface area contributed by atoms with Gasteiger partial charge in [-0.3, -0.25) is 0 Å². The molecule has 2 nitrogen and oxygen atoms in total. The summed E-state index contributed by atoms with van der Waals surface area (Å²) in [6.07, 6.45) is 5.04. The predicted molar refractivity (Wildman–Crippen MR) is 79.5 cm³/mol. The van der Waals surface area contributed by atoms with Crippen molar-refractivity contribution < 1.29 is 0 Å². The average molecular weight is 295 g/mol. The van der Waals surface area contributed by atoms with Gasteiger partial charge in [-0.2, -0.15) is 5.10 Å². The number of nitrogens with zero attached hydrogens (tertiary/aromatic N) is 2. The third-order valence-electron chi connectivity index (χ3n) is 3.86. The van der Waals surface area contributed by atoms with Crippen molar-refractivity contribution in [3.8, 4) is 5.69 Å². The number of rotatable bonds is 2. The summed E-state index contributed by atoms with van der Waals surface area (Å²) in [5.74, 6) is 0.569. The summed E-state index contributed by atoms with van der Waals surface area (Å²) in [7, 11) is 0. The monoisotopic (exact) mass is 294 g/mol. The van der Waals surface area contributed by atoms with E-state index in [1.807, 2.05) is 31.2 Å². The summed E-state index contributed by atoms with van der Waals surface area (Å²) in [4.78, 5) is 0. The molecule has 100 valence electrons. The van der Waals surface area contributed by atoms with Gasteiger partial charge in [0.15, 0.2) is 0 Å². The highest BCUT2D eigenvalue weighted by Crippen LogP contribution is 2.35. The molecule has 4 heteroatoms. The molecule has 1 fully saturated rings. The van der Waals surface area contributed by atoms with Crippen LogP contribution < -0.4 is 0 Å². The maximum atomic E-state index is 6.31. The Morgan fingerprint density at radius 3 is 2.58 bits per heavy atom. The van der Waals surface area contributed by atoms with E-state index in [9.17, 15) is 0 Å². The van der Waals surface area contributed by atoms with Gasteiger partial charge < -0.3 is 0 Å². The van der Waals surface area contributed by atoms with Crippen molar-refractivity contribution in [2.24, 2.45) is 0 Å². The highest BCUT2D eigenvalue weighted by Gasteiger charge is 2.21. The summed E-state index contributed by atoms with van der Waals surface area (Å²) < 4.78 is 1.78. The Hall–Kier alpha value is -0.990. The summed E-state index contributed by atoms with van der Waals surface area (Å²) in [5.41, 5.74) is 3.09. The van der Waals surface area contributed by atoms with Crippen LogP contribution in [0.2, 0.25) is 10.2 Å². The Morgan fingerprint density at radius 1 is 1.16 bits per heavy atom. The highest BCUT2D eigenvalue weighted by molar-refractivity contribution is 6.31. The lowest BCUT2D eigenvalue weighted by molar-refractivity contribution is 0.679. The number of benzene rings is 1. The van der Waals surface area contributed by atoms with Gasteiger partial charge in [0.1, 0.15) is 5.15 Å². The molecule has 1 saturated carbocycles. The highest BCUT2D eigenvalue weighted by atomic mass is 35.5. The molecule has 1 aromatic carbocycles. The second kappa shape index (κ2) is 5.18. The zero-order valence-electron chi connectivity index (χ0n) is 10.9.